The molecule has 1 fully saturated rings. The van der Waals surface area contributed by atoms with Crippen molar-refractivity contribution in [1.29, 1.82) is 0 Å². The Labute approximate surface area is 120 Å². The first-order valence-electron chi connectivity index (χ1n) is 5.89. The lowest BCUT2D eigenvalue weighted by atomic mass is 10.1. The van der Waals surface area contributed by atoms with Crippen LogP contribution in [0.15, 0.2) is 22.7 Å². The highest BCUT2D eigenvalue weighted by molar-refractivity contribution is 9.10. The number of halogens is 1. The number of carbonyl (C=O) groups is 2. The lowest BCUT2D eigenvalue weighted by molar-refractivity contribution is -0.133. The Balaban J connectivity index is 2.22. The molecule has 1 aliphatic heterocycles. The maximum absolute atomic E-state index is 12.4. The first-order chi connectivity index (χ1) is 9.02. The summed E-state index contributed by atoms with van der Waals surface area (Å²) in [7, 11) is 3.26. The molecule has 0 saturated carbocycles. The van der Waals surface area contributed by atoms with Gasteiger partial charge >= 0.3 is 0 Å². The maximum atomic E-state index is 12.4. The molecule has 0 aliphatic carbocycles. The Bertz CT molecular complexity index is 519. The van der Waals surface area contributed by atoms with E-state index in [1.165, 1.54) is 7.11 Å². The molecular weight excluding hydrogens is 312 g/mol. The summed E-state index contributed by atoms with van der Waals surface area (Å²) >= 11 is 3.33. The van der Waals surface area contributed by atoms with Crippen molar-refractivity contribution >= 4 is 27.7 Å². The van der Waals surface area contributed by atoms with Gasteiger partial charge in [-0.3, -0.25) is 9.59 Å². The van der Waals surface area contributed by atoms with Gasteiger partial charge in [-0.05, 0) is 18.2 Å². The fraction of sp³-hybridized carbons (Fsp3) is 0.385. The summed E-state index contributed by atoms with van der Waals surface area (Å²) in [6.45, 7) is 1.22. The summed E-state index contributed by atoms with van der Waals surface area (Å²) < 4.78 is 6.06. The number of ether oxygens (including phenoxy) is 1. The summed E-state index contributed by atoms with van der Waals surface area (Å²) in [5.74, 6) is 0.284. The zero-order chi connectivity index (χ0) is 14.0. The molecule has 2 rings (SSSR count). The minimum atomic E-state index is -0.175. The number of hydrogen-bond donors (Lipinski definition) is 0. The molecule has 0 radical (unpaired) electrons. The smallest absolute Gasteiger partial charge is 0.258 e. The van der Waals surface area contributed by atoms with Gasteiger partial charge in [0.1, 0.15) is 12.3 Å². The molecule has 102 valence electrons. The number of rotatable bonds is 2. The molecule has 0 aromatic heterocycles. The third-order valence-corrected chi connectivity index (χ3v) is 3.63. The van der Waals surface area contributed by atoms with E-state index >= 15 is 0 Å². The average Bonchev–Trinajstić information content (AvgIpc) is 2.41. The molecule has 5 nitrogen and oxygen atoms in total. The van der Waals surface area contributed by atoms with E-state index in [0.717, 1.165) is 4.47 Å². The van der Waals surface area contributed by atoms with Crippen LogP contribution in [-0.4, -0.2) is 55.4 Å². The van der Waals surface area contributed by atoms with Gasteiger partial charge in [-0.15, -0.1) is 0 Å². The van der Waals surface area contributed by atoms with E-state index in [0.29, 0.717) is 24.4 Å². The van der Waals surface area contributed by atoms with Crippen LogP contribution >= 0.6 is 15.9 Å². The number of nitrogens with zero attached hydrogens (tertiary/aromatic N) is 2. The lowest BCUT2D eigenvalue weighted by Gasteiger charge is -2.32. The maximum Gasteiger partial charge on any atom is 0.258 e. The minimum absolute atomic E-state index is 0.0457. The number of carbonyl (C=O) groups excluding carboxylic acids is 2. The summed E-state index contributed by atoms with van der Waals surface area (Å²) in [5, 5.41) is 0. The quantitative estimate of drug-likeness (QED) is 0.824. The van der Waals surface area contributed by atoms with Crippen molar-refractivity contribution < 1.29 is 14.3 Å². The van der Waals surface area contributed by atoms with E-state index in [9.17, 15) is 9.59 Å². The molecule has 0 unspecified atom stereocenters. The Kier molecular flexibility index (Phi) is 4.09. The van der Waals surface area contributed by atoms with Crippen molar-refractivity contribution in [3.63, 3.8) is 0 Å². The van der Waals surface area contributed by atoms with E-state index < -0.39 is 0 Å². The van der Waals surface area contributed by atoms with Crippen LogP contribution < -0.4 is 4.74 Å². The van der Waals surface area contributed by atoms with Crippen LogP contribution in [0.3, 0.4) is 0 Å². The number of hydrogen-bond acceptors (Lipinski definition) is 3. The Hall–Kier alpha value is -1.56. The van der Waals surface area contributed by atoms with Crippen LogP contribution in [-0.2, 0) is 4.79 Å². The molecule has 1 aliphatic rings. The molecule has 0 N–H and O–H groups in total. The number of piperazine rings is 1. The molecule has 6 heteroatoms. The van der Waals surface area contributed by atoms with E-state index in [1.807, 2.05) is 0 Å². The summed E-state index contributed by atoms with van der Waals surface area (Å²) in [5.41, 5.74) is 0.475. The van der Waals surface area contributed by atoms with E-state index in [4.69, 9.17) is 4.74 Å². The highest BCUT2D eigenvalue weighted by atomic mass is 79.9. The highest BCUT2D eigenvalue weighted by Gasteiger charge is 2.27. The van der Waals surface area contributed by atoms with E-state index in [-0.39, 0.29) is 18.4 Å². The molecule has 0 spiro atoms. The third kappa shape index (κ3) is 2.89. The summed E-state index contributed by atoms with van der Waals surface area (Å²) in [6.07, 6.45) is 0. The first-order valence-corrected chi connectivity index (χ1v) is 6.69. The first kappa shape index (κ1) is 13.9. The van der Waals surface area contributed by atoms with Gasteiger partial charge in [0.15, 0.2) is 0 Å². The van der Waals surface area contributed by atoms with Gasteiger partial charge in [-0.2, -0.15) is 0 Å². The molecular formula is C13H15BrN2O3. The lowest BCUT2D eigenvalue weighted by Crippen LogP contribution is -2.50. The standard InChI is InChI=1S/C13H15BrN2O3/c1-15-5-6-16(8-12(15)17)13(18)10-4-3-9(14)7-11(10)19-2/h3-4,7H,5-6,8H2,1-2H3. The molecule has 1 heterocycles. The van der Waals surface area contributed by atoms with Crippen molar-refractivity contribution in [2.75, 3.05) is 33.8 Å². The normalized spacial score (nSPS) is 15.6. The predicted octanol–water partition coefficient (Wildman–Crippen LogP) is 1.37. The molecule has 1 aromatic rings. The second-order valence-electron chi connectivity index (χ2n) is 4.39. The third-order valence-electron chi connectivity index (χ3n) is 3.14. The van der Waals surface area contributed by atoms with Crippen molar-refractivity contribution in [3.8, 4) is 5.75 Å². The van der Waals surface area contributed by atoms with Gasteiger partial charge in [0.25, 0.3) is 5.91 Å². The van der Waals surface area contributed by atoms with E-state index in [1.54, 1.807) is 35.0 Å². The van der Waals surface area contributed by atoms with Gasteiger partial charge < -0.3 is 14.5 Å². The molecule has 1 saturated heterocycles. The Morgan fingerprint density at radius 3 is 2.74 bits per heavy atom. The zero-order valence-electron chi connectivity index (χ0n) is 10.9. The topological polar surface area (TPSA) is 49.9 Å². The van der Waals surface area contributed by atoms with Crippen molar-refractivity contribution in [2.45, 2.75) is 0 Å². The fourth-order valence-corrected chi connectivity index (χ4v) is 2.28. The van der Waals surface area contributed by atoms with Crippen LogP contribution in [0.4, 0.5) is 0 Å². The second-order valence-corrected chi connectivity index (χ2v) is 5.30. The van der Waals surface area contributed by atoms with Crippen molar-refractivity contribution in [2.24, 2.45) is 0 Å². The largest absolute Gasteiger partial charge is 0.496 e. The molecule has 19 heavy (non-hydrogen) atoms. The molecule has 0 atom stereocenters. The SMILES string of the molecule is COc1cc(Br)ccc1C(=O)N1CCN(C)C(=O)C1. The number of benzene rings is 1. The molecule has 1 aromatic carbocycles. The van der Waals surface area contributed by atoms with Gasteiger partial charge in [-0.25, -0.2) is 0 Å². The van der Waals surface area contributed by atoms with Gasteiger partial charge in [0, 0.05) is 24.6 Å². The predicted molar refractivity (Wildman–Crippen MR) is 74.2 cm³/mol. The van der Waals surface area contributed by atoms with Gasteiger partial charge in [-0.1, -0.05) is 15.9 Å². The number of methoxy groups -OCH3 is 1. The average molecular weight is 327 g/mol. The second kappa shape index (κ2) is 5.61. The van der Waals surface area contributed by atoms with Crippen LogP contribution in [0.1, 0.15) is 10.4 Å². The van der Waals surface area contributed by atoms with Crippen LogP contribution in [0.25, 0.3) is 0 Å². The molecule has 2 amide bonds. The Morgan fingerprint density at radius 2 is 2.11 bits per heavy atom. The minimum Gasteiger partial charge on any atom is -0.496 e. The van der Waals surface area contributed by atoms with Gasteiger partial charge in [0.2, 0.25) is 5.91 Å². The summed E-state index contributed by atoms with van der Waals surface area (Å²) in [6, 6.07) is 5.23. The van der Waals surface area contributed by atoms with Crippen molar-refractivity contribution in [1.82, 2.24) is 9.80 Å². The summed E-state index contributed by atoms with van der Waals surface area (Å²) in [4.78, 5) is 27.2. The fourth-order valence-electron chi connectivity index (χ4n) is 1.94. The van der Waals surface area contributed by atoms with E-state index in [2.05, 4.69) is 15.9 Å². The van der Waals surface area contributed by atoms with Crippen molar-refractivity contribution in [3.05, 3.63) is 28.2 Å². The number of likely N-dealkylation sites (N-methyl/N-ethyl adjacent to an activating group) is 1. The van der Waals surface area contributed by atoms with Crippen LogP contribution in [0.5, 0.6) is 5.75 Å². The van der Waals surface area contributed by atoms with Crippen LogP contribution in [0, 0.1) is 0 Å². The molecule has 0 bridgehead atoms. The number of amides is 2. The van der Waals surface area contributed by atoms with Crippen LogP contribution in [0.2, 0.25) is 0 Å². The highest BCUT2D eigenvalue weighted by Crippen LogP contribution is 2.25. The zero-order valence-corrected chi connectivity index (χ0v) is 12.4. The van der Waals surface area contributed by atoms with Gasteiger partial charge in [0.05, 0.1) is 12.7 Å². The Morgan fingerprint density at radius 1 is 1.37 bits per heavy atom. The monoisotopic (exact) mass is 326 g/mol.